The van der Waals surface area contributed by atoms with Crippen molar-refractivity contribution in [2.75, 3.05) is 5.32 Å². The number of benzene rings is 2. The second kappa shape index (κ2) is 5.92. The highest BCUT2D eigenvalue weighted by molar-refractivity contribution is 5.90. The molecule has 0 atom stereocenters. The second-order valence-electron chi connectivity index (χ2n) is 5.09. The van der Waals surface area contributed by atoms with Gasteiger partial charge in [-0.3, -0.25) is 9.59 Å². The smallest absolute Gasteiger partial charge is 0.308 e. The minimum atomic E-state index is -0.422. The molecule has 3 rings (SSSR count). The lowest BCUT2D eigenvalue weighted by Crippen LogP contribution is -2.07. The van der Waals surface area contributed by atoms with Gasteiger partial charge in [-0.25, -0.2) is 4.98 Å². The fourth-order valence-electron chi connectivity index (χ4n) is 2.32. The number of aromatic amines is 1. The summed E-state index contributed by atoms with van der Waals surface area (Å²) >= 11 is 0. The zero-order valence-electron chi connectivity index (χ0n) is 12.7. The summed E-state index contributed by atoms with van der Waals surface area (Å²) in [4.78, 5) is 30.3. The average Bonchev–Trinajstić information content (AvgIpc) is 2.91. The molecular weight excluding hydrogens is 294 g/mol. The van der Waals surface area contributed by atoms with Gasteiger partial charge in [-0.05, 0) is 30.3 Å². The molecule has 0 unspecified atom stereocenters. The van der Waals surface area contributed by atoms with Crippen molar-refractivity contribution in [2.45, 2.75) is 13.8 Å². The van der Waals surface area contributed by atoms with Crippen LogP contribution in [0.25, 0.3) is 22.4 Å². The van der Waals surface area contributed by atoms with Crippen LogP contribution in [0.15, 0.2) is 42.5 Å². The predicted molar refractivity (Wildman–Crippen MR) is 87.1 cm³/mol. The van der Waals surface area contributed by atoms with Crippen molar-refractivity contribution in [2.24, 2.45) is 0 Å². The summed E-state index contributed by atoms with van der Waals surface area (Å²) in [7, 11) is 0. The van der Waals surface area contributed by atoms with Gasteiger partial charge in [0.05, 0.1) is 16.6 Å². The lowest BCUT2D eigenvalue weighted by Gasteiger charge is -2.10. The number of amides is 1. The van der Waals surface area contributed by atoms with Gasteiger partial charge in [0.1, 0.15) is 11.6 Å². The molecule has 0 spiro atoms. The first-order valence-electron chi connectivity index (χ1n) is 7.08. The first kappa shape index (κ1) is 14.8. The van der Waals surface area contributed by atoms with Crippen molar-refractivity contribution in [1.29, 1.82) is 0 Å². The highest BCUT2D eigenvalue weighted by atomic mass is 16.5. The monoisotopic (exact) mass is 309 g/mol. The van der Waals surface area contributed by atoms with E-state index in [1.165, 1.54) is 13.8 Å². The zero-order valence-corrected chi connectivity index (χ0v) is 12.7. The van der Waals surface area contributed by atoms with Crippen molar-refractivity contribution in [3.8, 4) is 17.1 Å². The molecule has 0 fully saturated rings. The molecule has 3 aromatic rings. The molecular formula is C17H15N3O3. The summed E-state index contributed by atoms with van der Waals surface area (Å²) < 4.78 is 5.24. The number of anilines is 1. The van der Waals surface area contributed by atoms with Crippen molar-refractivity contribution >= 4 is 28.6 Å². The number of fused-ring (bicyclic) bond motifs is 1. The quantitative estimate of drug-likeness (QED) is 0.575. The van der Waals surface area contributed by atoms with Gasteiger partial charge in [-0.15, -0.1) is 0 Å². The van der Waals surface area contributed by atoms with Crippen LogP contribution >= 0.6 is 0 Å². The van der Waals surface area contributed by atoms with E-state index in [0.717, 1.165) is 11.0 Å². The Labute approximate surface area is 132 Å². The van der Waals surface area contributed by atoms with Crippen LogP contribution in [0.4, 0.5) is 5.69 Å². The number of ether oxygens (including phenoxy) is 1. The topological polar surface area (TPSA) is 84.1 Å². The highest BCUT2D eigenvalue weighted by Gasteiger charge is 2.14. The first-order chi connectivity index (χ1) is 11.0. The molecule has 2 aromatic carbocycles. The Balaban J connectivity index is 2.12. The molecule has 23 heavy (non-hydrogen) atoms. The number of hydrogen-bond donors (Lipinski definition) is 2. The number of hydrogen-bond acceptors (Lipinski definition) is 4. The van der Waals surface area contributed by atoms with Crippen LogP contribution in [0.2, 0.25) is 0 Å². The third-order valence-corrected chi connectivity index (χ3v) is 3.20. The lowest BCUT2D eigenvalue weighted by molar-refractivity contribution is -0.131. The number of esters is 1. The highest BCUT2D eigenvalue weighted by Crippen LogP contribution is 2.32. The van der Waals surface area contributed by atoms with E-state index in [0.29, 0.717) is 22.8 Å². The van der Waals surface area contributed by atoms with E-state index in [1.54, 1.807) is 18.2 Å². The minimum Gasteiger partial charge on any atom is -0.426 e. The average molecular weight is 309 g/mol. The molecule has 0 aliphatic rings. The third-order valence-electron chi connectivity index (χ3n) is 3.20. The molecule has 1 amide bonds. The van der Waals surface area contributed by atoms with Crippen LogP contribution in [-0.4, -0.2) is 21.8 Å². The van der Waals surface area contributed by atoms with E-state index in [9.17, 15) is 9.59 Å². The molecule has 1 aromatic heterocycles. The fraction of sp³-hybridized carbons (Fsp3) is 0.118. The molecule has 1 heterocycles. The summed E-state index contributed by atoms with van der Waals surface area (Å²) in [5.74, 6) is 0.343. The number of H-pyrrole nitrogens is 1. The molecule has 0 saturated heterocycles. The van der Waals surface area contributed by atoms with Gasteiger partial charge in [-0.2, -0.15) is 0 Å². The van der Waals surface area contributed by atoms with Gasteiger partial charge in [0.25, 0.3) is 0 Å². The molecule has 116 valence electrons. The Morgan fingerprint density at radius 2 is 1.91 bits per heavy atom. The first-order valence-corrected chi connectivity index (χ1v) is 7.08. The SMILES string of the molecule is CC(=O)Nc1ccc(OC(C)=O)c(-c2nc3ccccc3[nH]2)c1. The molecule has 0 aliphatic heterocycles. The minimum absolute atomic E-state index is 0.180. The maximum atomic E-state index is 11.3. The summed E-state index contributed by atoms with van der Waals surface area (Å²) in [6, 6.07) is 12.6. The summed E-state index contributed by atoms with van der Waals surface area (Å²) in [6.07, 6.45) is 0. The summed E-state index contributed by atoms with van der Waals surface area (Å²) in [5.41, 5.74) is 2.88. The molecule has 0 bridgehead atoms. The number of para-hydroxylation sites is 2. The Hall–Kier alpha value is -3.15. The number of imidazole rings is 1. The van der Waals surface area contributed by atoms with Crippen molar-refractivity contribution in [3.05, 3.63) is 42.5 Å². The molecule has 0 radical (unpaired) electrons. The van der Waals surface area contributed by atoms with Crippen LogP contribution in [0.3, 0.4) is 0 Å². The molecule has 6 heteroatoms. The van der Waals surface area contributed by atoms with Gasteiger partial charge in [0.2, 0.25) is 5.91 Å². The number of rotatable bonds is 3. The number of aromatic nitrogens is 2. The molecule has 0 saturated carbocycles. The van der Waals surface area contributed by atoms with E-state index >= 15 is 0 Å². The van der Waals surface area contributed by atoms with Crippen LogP contribution in [0, 0.1) is 0 Å². The van der Waals surface area contributed by atoms with Crippen LogP contribution in [0.5, 0.6) is 5.75 Å². The van der Waals surface area contributed by atoms with Crippen molar-refractivity contribution in [3.63, 3.8) is 0 Å². The van der Waals surface area contributed by atoms with Crippen LogP contribution in [0.1, 0.15) is 13.8 Å². The second-order valence-corrected chi connectivity index (χ2v) is 5.09. The van der Waals surface area contributed by atoms with Gasteiger partial charge >= 0.3 is 5.97 Å². The molecule has 6 nitrogen and oxygen atoms in total. The number of carbonyl (C=O) groups excluding carboxylic acids is 2. The summed E-state index contributed by atoms with van der Waals surface area (Å²) in [6.45, 7) is 2.77. The van der Waals surface area contributed by atoms with Gasteiger partial charge < -0.3 is 15.0 Å². The van der Waals surface area contributed by atoms with E-state index in [2.05, 4.69) is 15.3 Å². The Morgan fingerprint density at radius 3 is 2.61 bits per heavy atom. The van der Waals surface area contributed by atoms with E-state index in [1.807, 2.05) is 24.3 Å². The van der Waals surface area contributed by atoms with Gasteiger partial charge in [0.15, 0.2) is 0 Å². The van der Waals surface area contributed by atoms with Gasteiger partial charge in [0, 0.05) is 19.5 Å². The van der Waals surface area contributed by atoms with Crippen LogP contribution < -0.4 is 10.1 Å². The third kappa shape index (κ3) is 3.21. The lowest BCUT2D eigenvalue weighted by atomic mass is 10.1. The Bertz CT molecular complexity index is 866. The predicted octanol–water partition coefficient (Wildman–Crippen LogP) is 3.11. The largest absolute Gasteiger partial charge is 0.426 e. The van der Waals surface area contributed by atoms with Crippen molar-refractivity contribution in [1.82, 2.24) is 9.97 Å². The maximum Gasteiger partial charge on any atom is 0.308 e. The number of nitrogens with zero attached hydrogens (tertiary/aromatic N) is 1. The standard InChI is InChI=1S/C17H15N3O3/c1-10(21)18-12-7-8-16(23-11(2)22)13(9-12)17-19-14-5-3-4-6-15(14)20-17/h3-9H,1-2H3,(H,18,21)(H,19,20). The summed E-state index contributed by atoms with van der Waals surface area (Å²) in [5, 5.41) is 2.71. The number of nitrogens with one attached hydrogen (secondary N) is 2. The van der Waals surface area contributed by atoms with E-state index in [4.69, 9.17) is 4.74 Å². The van der Waals surface area contributed by atoms with Gasteiger partial charge in [-0.1, -0.05) is 12.1 Å². The van der Waals surface area contributed by atoms with Crippen LogP contribution in [-0.2, 0) is 9.59 Å². The normalized spacial score (nSPS) is 10.5. The Kier molecular flexibility index (Phi) is 3.80. The van der Waals surface area contributed by atoms with E-state index < -0.39 is 5.97 Å². The molecule has 0 aliphatic carbocycles. The number of carbonyl (C=O) groups is 2. The maximum absolute atomic E-state index is 11.3. The Morgan fingerprint density at radius 1 is 1.13 bits per heavy atom. The molecule has 2 N–H and O–H groups in total. The fourth-order valence-corrected chi connectivity index (χ4v) is 2.32. The van der Waals surface area contributed by atoms with E-state index in [-0.39, 0.29) is 5.91 Å². The van der Waals surface area contributed by atoms with Crippen molar-refractivity contribution < 1.29 is 14.3 Å². The zero-order chi connectivity index (χ0) is 16.4.